The Morgan fingerprint density at radius 2 is 1.79 bits per heavy atom. The third kappa shape index (κ3) is 4.36. The molecule has 6 heteroatoms. The van der Waals surface area contributed by atoms with E-state index in [4.69, 9.17) is 14.2 Å². The van der Waals surface area contributed by atoms with E-state index in [0.29, 0.717) is 13.2 Å². The number of amides is 1. The zero-order valence-corrected chi connectivity index (χ0v) is 12.8. The first-order chi connectivity index (χ1) is 11.8. The quantitative estimate of drug-likeness (QED) is 0.678. The van der Waals surface area contributed by atoms with Crippen molar-refractivity contribution in [2.45, 2.75) is 0 Å². The molecule has 2 aromatic rings. The van der Waals surface area contributed by atoms with Crippen molar-refractivity contribution in [1.82, 2.24) is 5.43 Å². The van der Waals surface area contributed by atoms with Gasteiger partial charge in [-0.3, -0.25) is 4.79 Å². The van der Waals surface area contributed by atoms with Gasteiger partial charge in [0, 0.05) is 0 Å². The van der Waals surface area contributed by atoms with Gasteiger partial charge >= 0.3 is 5.91 Å². The first-order valence-corrected chi connectivity index (χ1v) is 7.42. The van der Waals surface area contributed by atoms with Crippen LogP contribution in [-0.2, 0) is 14.3 Å². The summed E-state index contributed by atoms with van der Waals surface area (Å²) >= 11 is 0. The van der Waals surface area contributed by atoms with Crippen LogP contribution in [0.25, 0.3) is 0 Å². The van der Waals surface area contributed by atoms with Gasteiger partial charge in [0.2, 0.25) is 5.76 Å². The molecule has 1 N–H and O–H groups in total. The number of nitrogens with zero attached hydrogens (tertiary/aromatic N) is 1. The summed E-state index contributed by atoms with van der Waals surface area (Å²) < 4.78 is 15.9. The second-order valence-electron chi connectivity index (χ2n) is 4.88. The Morgan fingerprint density at radius 1 is 1.04 bits per heavy atom. The first kappa shape index (κ1) is 15.6. The van der Waals surface area contributed by atoms with Crippen LogP contribution in [-0.4, -0.2) is 25.3 Å². The number of hydrogen-bond donors (Lipinski definition) is 1. The van der Waals surface area contributed by atoms with E-state index in [1.54, 1.807) is 0 Å². The molecule has 0 saturated carbocycles. The van der Waals surface area contributed by atoms with Crippen LogP contribution in [0.3, 0.4) is 0 Å². The number of nitrogens with one attached hydrogen (secondary N) is 1. The second kappa shape index (κ2) is 7.82. The molecule has 6 nitrogen and oxygen atoms in total. The number of rotatable bonds is 5. The van der Waals surface area contributed by atoms with E-state index in [0.717, 1.165) is 17.1 Å². The number of carbonyl (C=O) groups excluding carboxylic acids is 1. The highest BCUT2D eigenvalue weighted by atomic mass is 16.6. The Labute approximate surface area is 139 Å². The van der Waals surface area contributed by atoms with E-state index in [1.807, 2.05) is 54.6 Å². The van der Waals surface area contributed by atoms with Crippen LogP contribution < -0.4 is 10.2 Å². The average Bonchev–Trinajstić information content (AvgIpc) is 2.65. The minimum Gasteiger partial charge on any atom is -0.494 e. The number of carbonyl (C=O) groups is 1. The maximum Gasteiger partial charge on any atom is 0.309 e. The maximum atomic E-state index is 11.7. The van der Waals surface area contributed by atoms with Crippen LogP contribution in [0, 0.1) is 0 Å². The van der Waals surface area contributed by atoms with Gasteiger partial charge in [-0.15, -0.1) is 0 Å². The molecular formula is C18H16N2O4. The summed E-state index contributed by atoms with van der Waals surface area (Å²) in [6.45, 7) is 0.795. The molecule has 0 atom stereocenters. The van der Waals surface area contributed by atoms with Crippen LogP contribution in [0.2, 0.25) is 0 Å². The van der Waals surface area contributed by atoms with Gasteiger partial charge < -0.3 is 14.2 Å². The first-order valence-electron chi connectivity index (χ1n) is 7.42. The minimum atomic E-state index is -0.449. The third-order valence-corrected chi connectivity index (χ3v) is 3.11. The number of hydrogen-bond acceptors (Lipinski definition) is 5. The summed E-state index contributed by atoms with van der Waals surface area (Å²) in [6.07, 6.45) is 2.82. The van der Waals surface area contributed by atoms with Crippen molar-refractivity contribution < 1.29 is 19.0 Å². The highest BCUT2D eigenvalue weighted by Crippen LogP contribution is 2.20. The summed E-state index contributed by atoms with van der Waals surface area (Å²) in [7, 11) is 0. The molecule has 0 aliphatic carbocycles. The predicted molar refractivity (Wildman–Crippen MR) is 88.7 cm³/mol. The fraction of sp³-hybridized carbons (Fsp3) is 0.111. The smallest absolute Gasteiger partial charge is 0.309 e. The lowest BCUT2D eigenvalue weighted by molar-refractivity contribution is -0.122. The molecular weight excluding hydrogens is 308 g/mol. The number of benzene rings is 2. The van der Waals surface area contributed by atoms with E-state index in [2.05, 4.69) is 10.5 Å². The largest absolute Gasteiger partial charge is 0.494 e. The van der Waals surface area contributed by atoms with Crippen molar-refractivity contribution in [3.05, 3.63) is 72.2 Å². The maximum absolute atomic E-state index is 11.7. The molecule has 2 aromatic carbocycles. The van der Waals surface area contributed by atoms with Gasteiger partial charge in [0.05, 0.1) is 6.21 Å². The van der Waals surface area contributed by atoms with E-state index in [9.17, 15) is 4.79 Å². The molecule has 0 spiro atoms. The Morgan fingerprint density at radius 3 is 2.50 bits per heavy atom. The molecule has 3 rings (SSSR count). The third-order valence-electron chi connectivity index (χ3n) is 3.11. The van der Waals surface area contributed by atoms with Crippen molar-refractivity contribution >= 4 is 12.1 Å². The fourth-order valence-corrected chi connectivity index (χ4v) is 1.95. The van der Waals surface area contributed by atoms with E-state index < -0.39 is 5.91 Å². The Bertz CT molecular complexity index is 739. The van der Waals surface area contributed by atoms with Crippen LogP contribution in [0.5, 0.6) is 11.5 Å². The van der Waals surface area contributed by atoms with Crippen molar-refractivity contribution in [3.8, 4) is 11.5 Å². The predicted octanol–water partition coefficient (Wildman–Crippen LogP) is 2.82. The summed E-state index contributed by atoms with van der Waals surface area (Å²) in [6, 6.07) is 16.9. The number of para-hydroxylation sites is 1. The van der Waals surface area contributed by atoms with Crippen LogP contribution >= 0.6 is 0 Å². The SMILES string of the molecule is O=C(N/N=C\c1ccc(Oc2ccccc2)cc1)C1=COCCO1. The average molecular weight is 324 g/mol. The molecule has 122 valence electrons. The Hall–Kier alpha value is -3.28. The van der Waals surface area contributed by atoms with Crippen LogP contribution in [0.1, 0.15) is 5.56 Å². The van der Waals surface area contributed by atoms with Crippen molar-refractivity contribution in [2.24, 2.45) is 5.10 Å². The van der Waals surface area contributed by atoms with Crippen molar-refractivity contribution in [1.29, 1.82) is 0 Å². The van der Waals surface area contributed by atoms with Crippen molar-refractivity contribution in [3.63, 3.8) is 0 Å². The van der Waals surface area contributed by atoms with E-state index in [1.165, 1.54) is 12.5 Å². The molecule has 0 radical (unpaired) electrons. The van der Waals surface area contributed by atoms with Gasteiger partial charge in [0.25, 0.3) is 0 Å². The van der Waals surface area contributed by atoms with E-state index in [-0.39, 0.29) is 5.76 Å². The lowest BCUT2D eigenvalue weighted by Gasteiger charge is -2.13. The van der Waals surface area contributed by atoms with Gasteiger partial charge in [-0.1, -0.05) is 18.2 Å². The lowest BCUT2D eigenvalue weighted by atomic mass is 10.2. The molecule has 24 heavy (non-hydrogen) atoms. The molecule has 1 amide bonds. The van der Waals surface area contributed by atoms with Gasteiger partial charge in [0.15, 0.2) is 0 Å². The summed E-state index contributed by atoms with van der Waals surface area (Å²) in [5, 5.41) is 3.89. The minimum absolute atomic E-state index is 0.116. The number of ether oxygens (including phenoxy) is 3. The summed E-state index contributed by atoms with van der Waals surface area (Å²) in [5.74, 6) is 1.16. The molecule has 1 aliphatic rings. The fourth-order valence-electron chi connectivity index (χ4n) is 1.95. The highest BCUT2D eigenvalue weighted by molar-refractivity contribution is 5.92. The molecule has 0 unspecified atom stereocenters. The van der Waals surface area contributed by atoms with Gasteiger partial charge in [-0.05, 0) is 42.0 Å². The summed E-state index contributed by atoms with van der Waals surface area (Å²) in [5.41, 5.74) is 3.21. The molecule has 0 saturated heterocycles. The molecule has 0 bridgehead atoms. The van der Waals surface area contributed by atoms with Gasteiger partial charge in [-0.2, -0.15) is 5.10 Å². The van der Waals surface area contributed by atoms with Crippen LogP contribution in [0.15, 0.2) is 71.7 Å². The monoisotopic (exact) mass is 324 g/mol. The molecule has 0 aromatic heterocycles. The Balaban J connectivity index is 1.54. The topological polar surface area (TPSA) is 69.2 Å². The lowest BCUT2D eigenvalue weighted by Crippen LogP contribution is -2.24. The Kier molecular flexibility index (Phi) is 5.09. The molecule has 1 heterocycles. The highest BCUT2D eigenvalue weighted by Gasteiger charge is 2.13. The van der Waals surface area contributed by atoms with Crippen molar-refractivity contribution in [2.75, 3.05) is 13.2 Å². The standard InChI is InChI=1S/C18H16N2O4/c21-18(17-13-22-10-11-23-17)20-19-12-14-6-8-16(9-7-14)24-15-4-2-1-3-5-15/h1-9,12-13H,10-11H2,(H,20,21)/b19-12-. The van der Waals surface area contributed by atoms with E-state index >= 15 is 0 Å². The van der Waals surface area contributed by atoms with Crippen LogP contribution in [0.4, 0.5) is 0 Å². The molecule has 0 fully saturated rings. The summed E-state index contributed by atoms with van der Waals surface area (Å²) in [4.78, 5) is 11.7. The zero-order valence-electron chi connectivity index (χ0n) is 12.8. The van der Waals surface area contributed by atoms with Gasteiger partial charge in [0.1, 0.15) is 31.0 Å². The normalized spacial score (nSPS) is 13.6. The second-order valence-corrected chi connectivity index (χ2v) is 4.88. The molecule has 1 aliphatic heterocycles. The number of hydrazone groups is 1. The van der Waals surface area contributed by atoms with Gasteiger partial charge in [-0.25, -0.2) is 5.43 Å². The zero-order chi connectivity index (χ0) is 16.6.